The number of aromatic nitrogens is 2. The van der Waals surface area contributed by atoms with Gasteiger partial charge in [0.05, 0.1) is 17.6 Å². The monoisotopic (exact) mass is 356 g/mol. The fourth-order valence-electron chi connectivity index (χ4n) is 4.51. The number of rotatable bonds is 2. The number of epoxide rings is 1. The van der Waals surface area contributed by atoms with Crippen molar-refractivity contribution in [3.63, 3.8) is 0 Å². The molecule has 1 aromatic heterocycles. The number of carbonyl (C=O) groups excluding carboxylic acids is 1. The van der Waals surface area contributed by atoms with Crippen LogP contribution in [0.15, 0.2) is 23.0 Å². The Morgan fingerprint density at radius 1 is 1.15 bits per heavy atom. The lowest BCUT2D eigenvalue weighted by Crippen LogP contribution is -2.49. The van der Waals surface area contributed by atoms with Crippen LogP contribution < -0.4 is 16.3 Å². The van der Waals surface area contributed by atoms with E-state index in [1.807, 2.05) is 6.07 Å². The van der Waals surface area contributed by atoms with Gasteiger partial charge < -0.3 is 15.4 Å². The van der Waals surface area contributed by atoms with E-state index >= 15 is 0 Å². The summed E-state index contributed by atoms with van der Waals surface area (Å²) in [4.78, 5) is 25.5. The Hall–Kier alpha value is -2.12. The number of imidazole rings is 1. The van der Waals surface area contributed by atoms with Crippen LogP contribution in [0.4, 0.5) is 0 Å². The van der Waals surface area contributed by atoms with Crippen LogP contribution in [0.25, 0.3) is 11.0 Å². The first-order valence-electron chi connectivity index (χ1n) is 9.46. The smallest absolute Gasteiger partial charge is 0.329 e. The van der Waals surface area contributed by atoms with Crippen molar-refractivity contribution in [3.05, 3.63) is 34.2 Å². The number of hydrogen-bond acceptors (Lipinski definition) is 4. The van der Waals surface area contributed by atoms with Gasteiger partial charge in [0.1, 0.15) is 6.04 Å². The standard InChI is InChI=1S/C19H24N4O3/c1-22-16-10-13(12-5-8-20-9-6-12)2-3-14(16)23(18(22)25)15-4-7-19(11-26-19)21-17(15)24/h2-3,10,12,15,20H,4-9,11H2,1H3,(H,21,24). The second-order valence-corrected chi connectivity index (χ2v) is 7.81. The molecule has 0 radical (unpaired) electrons. The number of nitrogens with one attached hydrogen (secondary N) is 2. The lowest BCUT2D eigenvalue weighted by Gasteiger charge is -2.27. The van der Waals surface area contributed by atoms with Crippen LogP contribution in [-0.4, -0.2) is 40.5 Å². The van der Waals surface area contributed by atoms with E-state index in [2.05, 4.69) is 22.8 Å². The van der Waals surface area contributed by atoms with E-state index in [-0.39, 0.29) is 11.6 Å². The van der Waals surface area contributed by atoms with Crippen LogP contribution in [0, 0.1) is 0 Å². The summed E-state index contributed by atoms with van der Waals surface area (Å²) < 4.78 is 8.70. The van der Waals surface area contributed by atoms with Crippen LogP contribution >= 0.6 is 0 Å². The maximum atomic E-state index is 12.9. The van der Waals surface area contributed by atoms with Gasteiger partial charge in [-0.15, -0.1) is 0 Å². The van der Waals surface area contributed by atoms with E-state index in [1.165, 1.54) is 5.56 Å². The average molecular weight is 356 g/mol. The molecule has 3 saturated heterocycles. The number of carbonyl (C=O) groups is 1. The number of ether oxygens (including phenoxy) is 1. The van der Waals surface area contributed by atoms with E-state index in [0.29, 0.717) is 18.9 Å². The quantitative estimate of drug-likeness (QED) is 0.787. The molecule has 2 aromatic rings. The number of nitrogens with zero attached hydrogens (tertiary/aromatic N) is 2. The first-order chi connectivity index (χ1) is 12.6. The zero-order valence-electron chi connectivity index (χ0n) is 15.0. The first kappa shape index (κ1) is 16.1. The lowest BCUT2D eigenvalue weighted by atomic mass is 9.90. The molecule has 138 valence electrons. The van der Waals surface area contributed by atoms with Crippen LogP contribution in [0.1, 0.15) is 43.2 Å². The summed E-state index contributed by atoms with van der Waals surface area (Å²) in [5, 5.41) is 6.33. The maximum absolute atomic E-state index is 12.9. The summed E-state index contributed by atoms with van der Waals surface area (Å²) in [5.74, 6) is 0.412. The second kappa shape index (κ2) is 5.69. The molecule has 2 N–H and O–H groups in total. The second-order valence-electron chi connectivity index (χ2n) is 7.81. The van der Waals surface area contributed by atoms with Crippen molar-refractivity contribution < 1.29 is 9.53 Å². The third-order valence-corrected chi connectivity index (χ3v) is 6.20. The highest BCUT2D eigenvalue weighted by atomic mass is 16.6. The summed E-state index contributed by atoms with van der Waals surface area (Å²) in [7, 11) is 1.79. The Morgan fingerprint density at radius 2 is 1.92 bits per heavy atom. The highest BCUT2D eigenvalue weighted by Gasteiger charge is 2.51. The zero-order chi connectivity index (χ0) is 17.9. The topological polar surface area (TPSA) is 80.6 Å². The minimum absolute atomic E-state index is 0.120. The molecular formula is C19H24N4O3. The molecule has 7 nitrogen and oxygen atoms in total. The molecule has 3 aliphatic heterocycles. The molecule has 5 rings (SSSR count). The molecule has 4 heterocycles. The average Bonchev–Trinajstić information content (AvgIpc) is 3.37. The number of amides is 1. The van der Waals surface area contributed by atoms with E-state index in [4.69, 9.17) is 4.74 Å². The molecule has 26 heavy (non-hydrogen) atoms. The molecule has 1 spiro atoms. The van der Waals surface area contributed by atoms with Gasteiger partial charge in [-0.05, 0) is 62.4 Å². The number of fused-ring (bicyclic) bond motifs is 1. The minimum atomic E-state index is -0.467. The number of piperidine rings is 2. The van der Waals surface area contributed by atoms with Crippen molar-refractivity contribution in [3.8, 4) is 0 Å². The molecule has 7 heteroatoms. The summed E-state index contributed by atoms with van der Waals surface area (Å²) in [6.07, 6.45) is 3.61. The van der Waals surface area contributed by atoms with Gasteiger partial charge in [-0.3, -0.25) is 13.9 Å². The van der Waals surface area contributed by atoms with Crippen LogP contribution in [0.5, 0.6) is 0 Å². The molecular weight excluding hydrogens is 332 g/mol. The summed E-state index contributed by atoms with van der Waals surface area (Å²) in [6.45, 7) is 2.65. The SMILES string of the molecule is Cn1c(=O)n(C2CCC3(CO3)NC2=O)c2ccc(C3CCNCC3)cc21. The van der Waals surface area contributed by atoms with Gasteiger partial charge in [0.15, 0.2) is 5.72 Å². The normalized spacial score (nSPS) is 29.3. The molecule has 2 unspecified atom stereocenters. The van der Waals surface area contributed by atoms with E-state index < -0.39 is 11.8 Å². The summed E-state index contributed by atoms with van der Waals surface area (Å²) >= 11 is 0. The fourth-order valence-corrected chi connectivity index (χ4v) is 4.51. The molecule has 1 aromatic carbocycles. The lowest BCUT2D eigenvalue weighted by molar-refractivity contribution is -0.129. The molecule has 0 bridgehead atoms. The third-order valence-electron chi connectivity index (χ3n) is 6.20. The van der Waals surface area contributed by atoms with E-state index in [9.17, 15) is 9.59 Å². The number of aryl methyl sites for hydroxylation is 1. The van der Waals surface area contributed by atoms with Crippen molar-refractivity contribution in [2.24, 2.45) is 7.05 Å². The molecule has 0 saturated carbocycles. The Bertz CT molecular complexity index is 934. The van der Waals surface area contributed by atoms with E-state index in [1.54, 1.807) is 16.2 Å². The highest BCUT2D eigenvalue weighted by molar-refractivity contribution is 5.85. The number of hydrogen-bond donors (Lipinski definition) is 2. The minimum Gasteiger partial charge on any atom is -0.348 e. The molecule has 3 fully saturated rings. The van der Waals surface area contributed by atoms with Crippen molar-refractivity contribution in [1.82, 2.24) is 19.8 Å². The van der Waals surface area contributed by atoms with Gasteiger partial charge in [0.2, 0.25) is 5.91 Å². The van der Waals surface area contributed by atoms with Gasteiger partial charge in [0.25, 0.3) is 0 Å². The Balaban J connectivity index is 1.55. The maximum Gasteiger partial charge on any atom is 0.329 e. The molecule has 1 amide bonds. The predicted molar refractivity (Wildman–Crippen MR) is 97.1 cm³/mol. The third kappa shape index (κ3) is 2.41. The first-order valence-corrected chi connectivity index (χ1v) is 9.46. The Labute approximate surface area is 151 Å². The molecule has 3 aliphatic rings. The van der Waals surface area contributed by atoms with Crippen LogP contribution in [0.3, 0.4) is 0 Å². The van der Waals surface area contributed by atoms with Gasteiger partial charge in [-0.25, -0.2) is 4.79 Å². The molecule has 2 atom stereocenters. The number of benzene rings is 1. The Morgan fingerprint density at radius 3 is 2.62 bits per heavy atom. The van der Waals surface area contributed by atoms with Crippen molar-refractivity contribution >= 4 is 16.9 Å². The fraction of sp³-hybridized carbons (Fsp3) is 0.579. The largest absolute Gasteiger partial charge is 0.348 e. The van der Waals surface area contributed by atoms with Gasteiger partial charge in [-0.2, -0.15) is 0 Å². The Kier molecular flexibility index (Phi) is 3.52. The van der Waals surface area contributed by atoms with E-state index in [0.717, 1.165) is 43.4 Å². The van der Waals surface area contributed by atoms with Crippen molar-refractivity contribution in [2.45, 2.75) is 43.4 Å². The summed E-state index contributed by atoms with van der Waals surface area (Å²) in [6, 6.07) is 5.81. The van der Waals surface area contributed by atoms with Crippen LogP contribution in [0.2, 0.25) is 0 Å². The van der Waals surface area contributed by atoms with Crippen molar-refractivity contribution in [2.75, 3.05) is 19.7 Å². The van der Waals surface area contributed by atoms with Gasteiger partial charge >= 0.3 is 5.69 Å². The highest BCUT2D eigenvalue weighted by Crippen LogP contribution is 2.37. The van der Waals surface area contributed by atoms with Crippen molar-refractivity contribution in [1.29, 1.82) is 0 Å². The molecule has 0 aliphatic carbocycles. The van der Waals surface area contributed by atoms with Gasteiger partial charge in [0, 0.05) is 7.05 Å². The summed E-state index contributed by atoms with van der Waals surface area (Å²) in [5.41, 5.74) is 2.44. The predicted octanol–water partition coefficient (Wildman–Crippen LogP) is 0.985. The zero-order valence-corrected chi connectivity index (χ0v) is 15.0. The van der Waals surface area contributed by atoms with Crippen LogP contribution in [-0.2, 0) is 16.6 Å². The van der Waals surface area contributed by atoms with Gasteiger partial charge in [-0.1, -0.05) is 6.07 Å².